The van der Waals surface area contributed by atoms with Crippen molar-refractivity contribution >= 4 is 5.91 Å². The third-order valence-corrected chi connectivity index (χ3v) is 5.43. The molecule has 2 nitrogen and oxygen atoms in total. The van der Waals surface area contributed by atoms with Crippen LogP contribution in [-0.4, -0.2) is 29.3 Å². The van der Waals surface area contributed by atoms with E-state index in [4.69, 9.17) is 0 Å². The summed E-state index contributed by atoms with van der Waals surface area (Å²) in [4.78, 5) is 13.0. The van der Waals surface area contributed by atoms with Crippen molar-refractivity contribution in [2.24, 2.45) is 5.92 Å². The van der Waals surface area contributed by atoms with Gasteiger partial charge in [0.2, 0.25) is 5.91 Å². The zero-order valence-electron chi connectivity index (χ0n) is 16.0. The summed E-state index contributed by atoms with van der Waals surface area (Å²) in [6.45, 7) is 5.40. The van der Waals surface area contributed by atoms with Gasteiger partial charge in [-0.25, -0.2) is 8.78 Å². The van der Waals surface area contributed by atoms with E-state index in [1.165, 1.54) is 63.2 Å². The molecule has 142 valence electrons. The van der Waals surface area contributed by atoms with Crippen molar-refractivity contribution in [3.05, 3.63) is 0 Å². The van der Waals surface area contributed by atoms with E-state index in [2.05, 4.69) is 13.8 Å². The van der Waals surface area contributed by atoms with E-state index < -0.39 is 5.92 Å². The number of amides is 1. The summed E-state index contributed by atoms with van der Waals surface area (Å²) in [5.74, 6) is -2.45. The minimum absolute atomic E-state index is 0.152. The molecule has 0 aromatic heterocycles. The monoisotopic (exact) mass is 345 g/mol. The fraction of sp³-hybridized carbons (Fsp3) is 0.950. The van der Waals surface area contributed by atoms with Crippen LogP contribution in [0.2, 0.25) is 0 Å². The number of hydrogen-bond donors (Lipinski definition) is 0. The van der Waals surface area contributed by atoms with Gasteiger partial charge in [-0.3, -0.25) is 4.79 Å². The van der Waals surface area contributed by atoms with Crippen LogP contribution in [0.3, 0.4) is 0 Å². The summed E-state index contributed by atoms with van der Waals surface area (Å²) in [5.41, 5.74) is 0. The first-order valence-corrected chi connectivity index (χ1v) is 10.0. The Morgan fingerprint density at radius 3 is 2.21 bits per heavy atom. The lowest BCUT2D eigenvalue weighted by Crippen LogP contribution is -2.35. The number of hydrogen-bond acceptors (Lipinski definition) is 1. The maximum atomic E-state index is 13.6. The normalized spacial score (nSPS) is 21.2. The predicted molar refractivity (Wildman–Crippen MR) is 96.4 cm³/mol. The van der Waals surface area contributed by atoms with Crippen molar-refractivity contribution in [3.8, 4) is 0 Å². The minimum atomic E-state index is -2.70. The van der Waals surface area contributed by atoms with Gasteiger partial charge in [-0.1, -0.05) is 78.1 Å². The fourth-order valence-corrected chi connectivity index (χ4v) is 3.92. The molecule has 0 aromatic carbocycles. The summed E-state index contributed by atoms with van der Waals surface area (Å²) >= 11 is 0. The van der Waals surface area contributed by atoms with E-state index in [0.29, 0.717) is 5.92 Å². The Balaban J connectivity index is 2.25. The SMILES string of the molecule is CCCCCCCCCCC(CC)C[C@@H]1CC(F)(F)CN1C(C)=O. The second-order valence-electron chi connectivity index (χ2n) is 7.63. The van der Waals surface area contributed by atoms with Gasteiger partial charge < -0.3 is 4.90 Å². The van der Waals surface area contributed by atoms with Gasteiger partial charge in [-0.2, -0.15) is 0 Å². The average molecular weight is 346 g/mol. The van der Waals surface area contributed by atoms with E-state index in [0.717, 1.165) is 19.3 Å². The van der Waals surface area contributed by atoms with Crippen molar-refractivity contribution in [2.75, 3.05) is 6.54 Å². The molecule has 1 amide bonds. The summed E-state index contributed by atoms with van der Waals surface area (Å²) < 4.78 is 27.3. The van der Waals surface area contributed by atoms with Crippen molar-refractivity contribution in [1.29, 1.82) is 0 Å². The first kappa shape index (κ1) is 21.4. The van der Waals surface area contributed by atoms with Gasteiger partial charge in [0.25, 0.3) is 5.92 Å². The van der Waals surface area contributed by atoms with E-state index in [-0.39, 0.29) is 24.9 Å². The van der Waals surface area contributed by atoms with Gasteiger partial charge in [0.1, 0.15) is 0 Å². The first-order valence-electron chi connectivity index (χ1n) is 10.0. The van der Waals surface area contributed by atoms with Gasteiger partial charge in [0.05, 0.1) is 6.54 Å². The molecular weight excluding hydrogens is 308 g/mol. The van der Waals surface area contributed by atoms with E-state index in [9.17, 15) is 13.6 Å². The van der Waals surface area contributed by atoms with Crippen LogP contribution >= 0.6 is 0 Å². The molecule has 0 saturated carbocycles. The molecule has 0 aromatic rings. The lowest BCUT2D eigenvalue weighted by Gasteiger charge is -2.26. The van der Waals surface area contributed by atoms with Crippen LogP contribution in [0.15, 0.2) is 0 Å². The van der Waals surface area contributed by atoms with Crippen LogP contribution in [0.4, 0.5) is 8.78 Å². The lowest BCUT2D eigenvalue weighted by atomic mass is 9.90. The summed E-state index contributed by atoms with van der Waals surface area (Å²) in [5, 5.41) is 0. The summed E-state index contributed by atoms with van der Waals surface area (Å²) in [6, 6.07) is -0.267. The van der Waals surface area contributed by atoms with Crippen LogP contribution < -0.4 is 0 Å². The Morgan fingerprint density at radius 2 is 1.67 bits per heavy atom. The van der Waals surface area contributed by atoms with Gasteiger partial charge in [0, 0.05) is 19.4 Å². The molecular formula is C20H37F2NO. The van der Waals surface area contributed by atoms with E-state index in [1.54, 1.807) is 0 Å². The molecule has 0 aliphatic carbocycles. The minimum Gasteiger partial charge on any atom is -0.334 e. The quantitative estimate of drug-likeness (QED) is 0.386. The maximum Gasteiger partial charge on any atom is 0.267 e. The highest BCUT2D eigenvalue weighted by molar-refractivity contribution is 5.74. The van der Waals surface area contributed by atoms with Crippen molar-refractivity contribution in [3.63, 3.8) is 0 Å². The van der Waals surface area contributed by atoms with Crippen LogP contribution in [0, 0.1) is 5.92 Å². The number of carbonyl (C=O) groups is 1. The molecule has 1 heterocycles. The van der Waals surface area contributed by atoms with E-state index in [1.807, 2.05) is 0 Å². The van der Waals surface area contributed by atoms with E-state index >= 15 is 0 Å². The molecule has 0 radical (unpaired) electrons. The molecule has 4 heteroatoms. The Labute approximate surface area is 147 Å². The largest absolute Gasteiger partial charge is 0.334 e. The van der Waals surface area contributed by atoms with Gasteiger partial charge in [-0.15, -0.1) is 0 Å². The molecule has 0 spiro atoms. The molecule has 1 saturated heterocycles. The highest BCUT2D eigenvalue weighted by Gasteiger charge is 2.46. The molecule has 1 fully saturated rings. The smallest absolute Gasteiger partial charge is 0.267 e. The number of nitrogens with zero attached hydrogens (tertiary/aromatic N) is 1. The molecule has 1 unspecified atom stereocenters. The number of unbranched alkanes of at least 4 members (excludes halogenated alkanes) is 7. The number of rotatable bonds is 12. The summed E-state index contributed by atoms with van der Waals surface area (Å²) in [6.07, 6.45) is 13.1. The van der Waals surface area contributed by atoms with Crippen LogP contribution in [0.1, 0.15) is 97.8 Å². The second kappa shape index (κ2) is 11.0. The van der Waals surface area contributed by atoms with Crippen molar-refractivity contribution in [1.82, 2.24) is 4.90 Å². The molecule has 1 aliphatic rings. The maximum absolute atomic E-state index is 13.6. The highest BCUT2D eigenvalue weighted by atomic mass is 19.3. The molecule has 0 N–H and O–H groups in total. The second-order valence-corrected chi connectivity index (χ2v) is 7.63. The standard InChI is InChI=1S/C20H37F2NO/c1-4-6-7-8-9-10-11-12-13-18(5-2)14-19-15-20(21,22)16-23(19)17(3)24/h18-19H,4-16H2,1-3H3/t18?,19-/m1/s1. The summed E-state index contributed by atoms with van der Waals surface area (Å²) in [7, 11) is 0. The van der Waals surface area contributed by atoms with Gasteiger partial charge in [0.15, 0.2) is 0 Å². The Hall–Kier alpha value is -0.670. The van der Waals surface area contributed by atoms with Crippen LogP contribution in [0.5, 0.6) is 0 Å². The van der Waals surface area contributed by atoms with Crippen molar-refractivity contribution < 1.29 is 13.6 Å². The number of likely N-dealkylation sites (tertiary alicyclic amines) is 1. The molecule has 1 rings (SSSR count). The zero-order chi connectivity index (χ0) is 18.0. The van der Waals surface area contributed by atoms with Crippen LogP contribution in [-0.2, 0) is 4.79 Å². The molecule has 2 atom stereocenters. The topological polar surface area (TPSA) is 20.3 Å². The average Bonchev–Trinajstić information content (AvgIpc) is 2.83. The third kappa shape index (κ3) is 7.94. The van der Waals surface area contributed by atoms with Crippen LogP contribution in [0.25, 0.3) is 0 Å². The Kier molecular flexibility index (Phi) is 9.84. The number of carbonyl (C=O) groups excluding carboxylic acids is 1. The number of alkyl halides is 2. The number of halogens is 2. The fourth-order valence-electron chi connectivity index (χ4n) is 3.92. The first-order chi connectivity index (χ1) is 11.4. The van der Waals surface area contributed by atoms with Gasteiger partial charge in [-0.05, 0) is 12.3 Å². The molecule has 1 aliphatic heterocycles. The lowest BCUT2D eigenvalue weighted by molar-refractivity contribution is -0.131. The van der Waals surface area contributed by atoms with Gasteiger partial charge >= 0.3 is 0 Å². The molecule has 24 heavy (non-hydrogen) atoms. The third-order valence-electron chi connectivity index (χ3n) is 5.43. The van der Waals surface area contributed by atoms with Crippen molar-refractivity contribution in [2.45, 2.75) is 110 Å². The predicted octanol–water partition coefficient (Wildman–Crippen LogP) is 6.19. The zero-order valence-corrected chi connectivity index (χ0v) is 16.0. The Morgan fingerprint density at radius 1 is 1.08 bits per heavy atom. The Bertz CT molecular complexity index is 360. The molecule has 0 bridgehead atoms. The highest BCUT2D eigenvalue weighted by Crippen LogP contribution is 2.36.